The van der Waals surface area contributed by atoms with Crippen molar-refractivity contribution in [1.82, 2.24) is 5.48 Å². The van der Waals surface area contributed by atoms with Crippen LogP contribution in [0.25, 0.3) is 0 Å². The van der Waals surface area contributed by atoms with E-state index < -0.39 is 0 Å². The third kappa shape index (κ3) is 4.58. The van der Waals surface area contributed by atoms with Crippen molar-refractivity contribution in [2.45, 2.75) is 24.0 Å². The lowest BCUT2D eigenvalue weighted by Gasteiger charge is -2.20. The number of thioether (sulfide) groups is 1. The molecule has 0 bridgehead atoms. The van der Waals surface area contributed by atoms with E-state index in [1.807, 2.05) is 43.3 Å². The van der Waals surface area contributed by atoms with E-state index in [1.165, 1.54) is 4.90 Å². The first-order chi connectivity index (χ1) is 10.2. The van der Waals surface area contributed by atoms with Crippen molar-refractivity contribution in [2.75, 3.05) is 12.9 Å². The molecule has 2 atom stereocenters. The molecule has 0 aliphatic carbocycles. The summed E-state index contributed by atoms with van der Waals surface area (Å²) in [4.78, 5) is 6.89. The van der Waals surface area contributed by atoms with E-state index in [-0.39, 0.29) is 18.8 Å². The van der Waals surface area contributed by atoms with Crippen LogP contribution in [0.2, 0.25) is 0 Å². The summed E-state index contributed by atoms with van der Waals surface area (Å²) in [5.41, 5.74) is 5.15. The van der Waals surface area contributed by atoms with Crippen molar-refractivity contribution in [3.05, 3.63) is 65.7 Å². The van der Waals surface area contributed by atoms with Gasteiger partial charge < -0.3 is 5.11 Å². The molecule has 3 nitrogen and oxygen atoms in total. The van der Waals surface area contributed by atoms with Crippen LogP contribution in [0.5, 0.6) is 0 Å². The maximum atomic E-state index is 9.48. The molecule has 112 valence electrons. The third-order valence-electron chi connectivity index (χ3n) is 3.32. The highest BCUT2D eigenvalue weighted by atomic mass is 32.2. The van der Waals surface area contributed by atoms with E-state index in [1.54, 1.807) is 11.8 Å². The van der Waals surface area contributed by atoms with Gasteiger partial charge in [0.25, 0.3) is 0 Å². The van der Waals surface area contributed by atoms with Crippen LogP contribution in [0.1, 0.15) is 30.2 Å². The van der Waals surface area contributed by atoms with Gasteiger partial charge in [0, 0.05) is 4.90 Å². The van der Waals surface area contributed by atoms with Gasteiger partial charge in [0.2, 0.25) is 0 Å². The van der Waals surface area contributed by atoms with Gasteiger partial charge in [0.05, 0.1) is 12.6 Å². The fourth-order valence-corrected chi connectivity index (χ4v) is 2.51. The third-order valence-corrected chi connectivity index (χ3v) is 4.04. The predicted octanol–water partition coefficient (Wildman–Crippen LogP) is 3.72. The summed E-state index contributed by atoms with van der Waals surface area (Å²) in [6.45, 7) is 1.98. The molecule has 0 saturated carbocycles. The van der Waals surface area contributed by atoms with Crippen LogP contribution in [0.3, 0.4) is 0 Å². The van der Waals surface area contributed by atoms with E-state index in [4.69, 9.17) is 4.84 Å². The Labute approximate surface area is 130 Å². The van der Waals surface area contributed by atoms with Crippen molar-refractivity contribution in [1.29, 1.82) is 0 Å². The van der Waals surface area contributed by atoms with E-state index in [0.29, 0.717) is 0 Å². The van der Waals surface area contributed by atoms with E-state index in [9.17, 15) is 5.11 Å². The predicted molar refractivity (Wildman–Crippen MR) is 87.1 cm³/mol. The van der Waals surface area contributed by atoms with Crippen LogP contribution in [0.15, 0.2) is 59.5 Å². The second-order valence-corrected chi connectivity index (χ2v) is 5.70. The molecular formula is C17H21NO2S. The molecule has 0 spiro atoms. The van der Waals surface area contributed by atoms with Crippen LogP contribution in [-0.4, -0.2) is 18.0 Å². The Bertz CT molecular complexity index is 547. The van der Waals surface area contributed by atoms with Gasteiger partial charge >= 0.3 is 0 Å². The van der Waals surface area contributed by atoms with E-state index >= 15 is 0 Å². The minimum absolute atomic E-state index is 0.0508. The fourth-order valence-electron chi connectivity index (χ4n) is 2.04. The molecule has 0 aromatic heterocycles. The molecule has 2 aromatic rings. The summed E-state index contributed by atoms with van der Waals surface area (Å²) in [7, 11) is 0. The summed E-state index contributed by atoms with van der Waals surface area (Å²) in [5.74, 6) is 0. The van der Waals surface area contributed by atoms with Gasteiger partial charge in [-0.15, -0.1) is 11.8 Å². The second kappa shape index (κ2) is 8.20. The van der Waals surface area contributed by atoms with Gasteiger partial charge in [-0.3, -0.25) is 4.84 Å². The van der Waals surface area contributed by atoms with Crippen LogP contribution in [0, 0.1) is 0 Å². The SMILES string of the molecule is CSc1cccc([C@H](C)NO[C@H](CO)c2ccccc2)c1. The van der Waals surface area contributed by atoms with Crippen molar-refractivity contribution < 1.29 is 9.94 Å². The molecule has 2 rings (SSSR count). The average Bonchev–Trinajstić information content (AvgIpc) is 2.56. The van der Waals surface area contributed by atoms with Crippen LogP contribution in [-0.2, 0) is 4.84 Å². The summed E-state index contributed by atoms with van der Waals surface area (Å²) < 4.78 is 0. The van der Waals surface area contributed by atoms with Crippen LogP contribution >= 0.6 is 11.8 Å². The first-order valence-corrected chi connectivity index (χ1v) is 8.18. The van der Waals surface area contributed by atoms with Gasteiger partial charge in [-0.25, -0.2) is 0 Å². The number of aliphatic hydroxyl groups excluding tert-OH is 1. The lowest BCUT2D eigenvalue weighted by atomic mass is 10.1. The molecule has 21 heavy (non-hydrogen) atoms. The van der Waals surface area contributed by atoms with Crippen LogP contribution < -0.4 is 5.48 Å². The molecule has 0 radical (unpaired) electrons. The van der Waals surface area contributed by atoms with Crippen molar-refractivity contribution in [3.8, 4) is 0 Å². The lowest BCUT2D eigenvalue weighted by Crippen LogP contribution is -2.24. The first-order valence-electron chi connectivity index (χ1n) is 6.95. The smallest absolute Gasteiger partial charge is 0.127 e. The number of aliphatic hydroxyl groups is 1. The molecular weight excluding hydrogens is 282 g/mol. The second-order valence-electron chi connectivity index (χ2n) is 4.82. The molecule has 0 amide bonds. The van der Waals surface area contributed by atoms with Crippen LogP contribution in [0.4, 0.5) is 0 Å². The number of benzene rings is 2. The topological polar surface area (TPSA) is 41.5 Å². The number of hydrogen-bond acceptors (Lipinski definition) is 4. The molecule has 0 unspecified atom stereocenters. The van der Waals surface area contributed by atoms with Gasteiger partial charge in [-0.1, -0.05) is 42.5 Å². The largest absolute Gasteiger partial charge is 0.393 e. The fraction of sp³-hybridized carbons (Fsp3) is 0.294. The standard InChI is InChI=1S/C17H21NO2S/c1-13(15-9-6-10-16(11-15)21-2)18-20-17(12-19)14-7-4-3-5-8-14/h3-11,13,17-19H,12H2,1-2H3/t13-,17+/m0/s1. The Kier molecular flexibility index (Phi) is 6.26. The van der Waals surface area contributed by atoms with Gasteiger partial charge in [-0.05, 0) is 36.4 Å². The zero-order valence-corrected chi connectivity index (χ0v) is 13.1. The van der Waals surface area contributed by atoms with E-state index in [0.717, 1.165) is 11.1 Å². The van der Waals surface area contributed by atoms with Gasteiger partial charge in [0.15, 0.2) is 0 Å². The summed E-state index contributed by atoms with van der Waals surface area (Å²) in [6, 6.07) is 18.1. The average molecular weight is 303 g/mol. The number of rotatable bonds is 7. The Balaban J connectivity index is 1.97. The molecule has 4 heteroatoms. The molecule has 0 aliphatic heterocycles. The number of hydrogen-bond donors (Lipinski definition) is 2. The highest BCUT2D eigenvalue weighted by Crippen LogP contribution is 2.22. The molecule has 2 aromatic carbocycles. The summed E-state index contributed by atoms with van der Waals surface area (Å²) in [5, 5.41) is 9.48. The normalized spacial score (nSPS) is 13.9. The van der Waals surface area contributed by atoms with E-state index in [2.05, 4.69) is 29.9 Å². The van der Waals surface area contributed by atoms with Crippen molar-refractivity contribution in [2.24, 2.45) is 0 Å². The lowest BCUT2D eigenvalue weighted by molar-refractivity contribution is -0.0668. The Morgan fingerprint density at radius 3 is 2.48 bits per heavy atom. The van der Waals surface area contributed by atoms with Gasteiger partial charge in [-0.2, -0.15) is 5.48 Å². The highest BCUT2D eigenvalue weighted by molar-refractivity contribution is 7.98. The molecule has 2 N–H and O–H groups in total. The Hall–Kier alpha value is -1.33. The van der Waals surface area contributed by atoms with Crippen molar-refractivity contribution in [3.63, 3.8) is 0 Å². The quantitative estimate of drug-likeness (QED) is 0.604. The molecule has 0 saturated heterocycles. The number of hydroxylamine groups is 1. The Morgan fingerprint density at radius 2 is 1.81 bits per heavy atom. The monoisotopic (exact) mass is 303 g/mol. The number of nitrogens with one attached hydrogen (secondary N) is 1. The van der Waals surface area contributed by atoms with Gasteiger partial charge in [0.1, 0.15) is 6.10 Å². The minimum atomic E-state index is -0.364. The molecule has 0 aliphatic rings. The maximum Gasteiger partial charge on any atom is 0.127 e. The first kappa shape index (κ1) is 16.0. The van der Waals surface area contributed by atoms with Crippen molar-refractivity contribution >= 4 is 11.8 Å². The minimum Gasteiger partial charge on any atom is -0.393 e. The zero-order chi connectivity index (χ0) is 15.1. The molecule has 0 fully saturated rings. The molecule has 0 heterocycles. The Morgan fingerprint density at radius 1 is 1.10 bits per heavy atom. The highest BCUT2D eigenvalue weighted by Gasteiger charge is 2.13. The summed E-state index contributed by atoms with van der Waals surface area (Å²) >= 11 is 1.72. The summed E-state index contributed by atoms with van der Waals surface area (Å²) in [6.07, 6.45) is 1.70. The maximum absolute atomic E-state index is 9.48. The zero-order valence-electron chi connectivity index (χ0n) is 12.3.